The van der Waals surface area contributed by atoms with Crippen LogP contribution in [0, 0.1) is 0 Å². The molecule has 2 N–H and O–H groups in total. The highest BCUT2D eigenvalue weighted by molar-refractivity contribution is 6.30. The molecule has 1 aromatic rings. The van der Waals surface area contributed by atoms with Crippen molar-refractivity contribution in [2.45, 2.75) is 0 Å². The number of hydrogen-bond donors (Lipinski definition) is 2. The van der Waals surface area contributed by atoms with Gasteiger partial charge in [-0.25, -0.2) is 4.98 Å². The molecular formula is C7H5ClN2O2. The fourth-order valence-electron chi connectivity index (χ4n) is 0.889. The Balaban J connectivity index is 2.43. The Hall–Kier alpha value is -1.42. The molecule has 4 nitrogen and oxygen atoms in total. The van der Waals surface area contributed by atoms with Gasteiger partial charge in [0, 0.05) is 6.20 Å². The van der Waals surface area contributed by atoms with Gasteiger partial charge in [-0.2, -0.15) is 0 Å². The molecule has 0 unspecified atom stereocenters. The third-order valence-electron chi connectivity index (χ3n) is 1.36. The molecule has 0 spiro atoms. The summed E-state index contributed by atoms with van der Waals surface area (Å²) in [5, 5.41) is 12.1. The van der Waals surface area contributed by atoms with Crippen LogP contribution in [0.1, 0.15) is 0 Å². The standard InChI is InChI=1S/C7H5ClN2O2/c8-4-1-5-7(9-2-4)12-3-6(11)10-5/h1-3,10-11H. The molecule has 0 fully saturated rings. The summed E-state index contributed by atoms with van der Waals surface area (Å²) in [5.41, 5.74) is 0.558. The number of anilines is 1. The van der Waals surface area contributed by atoms with E-state index in [2.05, 4.69) is 10.3 Å². The minimum atomic E-state index is -0.0634. The lowest BCUT2D eigenvalue weighted by Crippen LogP contribution is -2.08. The van der Waals surface area contributed by atoms with Crippen molar-refractivity contribution in [1.29, 1.82) is 0 Å². The van der Waals surface area contributed by atoms with Crippen LogP contribution in [0.3, 0.4) is 0 Å². The minimum Gasteiger partial charge on any atom is -0.492 e. The number of nitrogens with one attached hydrogen (secondary N) is 1. The lowest BCUT2D eigenvalue weighted by molar-refractivity contribution is 0.358. The quantitative estimate of drug-likeness (QED) is 0.647. The van der Waals surface area contributed by atoms with Crippen molar-refractivity contribution < 1.29 is 9.84 Å². The van der Waals surface area contributed by atoms with E-state index in [-0.39, 0.29) is 5.88 Å². The number of hydrogen-bond acceptors (Lipinski definition) is 4. The van der Waals surface area contributed by atoms with E-state index in [0.717, 1.165) is 0 Å². The number of aliphatic hydroxyl groups is 1. The van der Waals surface area contributed by atoms with Gasteiger partial charge in [0.25, 0.3) is 0 Å². The molecule has 0 radical (unpaired) electrons. The number of rotatable bonds is 0. The Bertz CT molecular complexity index is 351. The van der Waals surface area contributed by atoms with Crippen LogP contribution < -0.4 is 10.1 Å². The van der Waals surface area contributed by atoms with Crippen molar-refractivity contribution >= 4 is 17.3 Å². The number of halogens is 1. The summed E-state index contributed by atoms with van der Waals surface area (Å²) in [4.78, 5) is 3.88. The van der Waals surface area contributed by atoms with E-state index in [0.29, 0.717) is 16.6 Å². The second-order valence-corrected chi connectivity index (χ2v) is 2.69. The van der Waals surface area contributed by atoms with Gasteiger partial charge >= 0.3 is 0 Å². The third kappa shape index (κ3) is 1.16. The van der Waals surface area contributed by atoms with Crippen molar-refractivity contribution in [3.8, 4) is 5.88 Å². The highest BCUT2D eigenvalue weighted by atomic mass is 35.5. The van der Waals surface area contributed by atoms with Gasteiger partial charge in [0.05, 0.1) is 5.02 Å². The number of aliphatic hydroxyl groups excluding tert-OH is 1. The molecule has 62 valence electrons. The van der Waals surface area contributed by atoms with Gasteiger partial charge in [0.2, 0.25) is 11.8 Å². The first-order chi connectivity index (χ1) is 5.75. The van der Waals surface area contributed by atoms with E-state index in [1.807, 2.05) is 0 Å². The van der Waals surface area contributed by atoms with Crippen LogP contribution in [0.4, 0.5) is 5.69 Å². The first kappa shape index (κ1) is 7.24. The molecule has 0 bridgehead atoms. The van der Waals surface area contributed by atoms with Gasteiger partial charge in [0.1, 0.15) is 5.69 Å². The number of fused-ring (bicyclic) bond motifs is 1. The second-order valence-electron chi connectivity index (χ2n) is 2.25. The smallest absolute Gasteiger partial charge is 0.243 e. The van der Waals surface area contributed by atoms with Crippen LogP contribution in [0.5, 0.6) is 5.88 Å². The molecule has 0 saturated heterocycles. The molecule has 1 aliphatic rings. The van der Waals surface area contributed by atoms with E-state index < -0.39 is 0 Å². The topological polar surface area (TPSA) is 54.4 Å². The Labute approximate surface area is 73.4 Å². The molecule has 5 heteroatoms. The summed E-state index contributed by atoms with van der Waals surface area (Å²) < 4.78 is 4.95. The van der Waals surface area contributed by atoms with E-state index >= 15 is 0 Å². The van der Waals surface area contributed by atoms with Crippen LogP contribution in [0.15, 0.2) is 24.4 Å². The summed E-state index contributed by atoms with van der Waals surface area (Å²) in [6, 6.07) is 1.62. The monoisotopic (exact) mass is 184 g/mol. The third-order valence-corrected chi connectivity index (χ3v) is 1.57. The molecule has 0 aromatic carbocycles. The first-order valence-electron chi connectivity index (χ1n) is 3.24. The SMILES string of the molecule is OC1=COc2ncc(Cl)cc2N1. The Morgan fingerprint density at radius 3 is 3.25 bits per heavy atom. The molecule has 0 amide bonds. The minimum absolute atomic E-state index is 0.0634. The van der Waals surface area contributed by atoms with E-state index in [1.165, 1.54) is 12.5 Å². The predicted molar refractivity (Wildman–Crippen MR) is 44.2 cm³/mol. The summed E-state index contributed by atoms with van der Waals surface area (Å²) in [5.74, 6) is 0.337. The van der Waals surface area contributed by atoms with Gasteiger partial charge < -0.3 is 15.2 Å². The van der Waals surface area contributed by atoms with Gasteiger partial charge in [-0.3, -0.25) is 0 Å². The second kappa shape index (κ2) is 2.57. The Kier molecular flexibility index (Phi) is 1.55. The maximum absolute atomic E-state index is 9.00. The normalized spacial score (nSPS) is 13.9. The number of aromatic nitrogens is 1. The maximum atomic E-state index is 9.00. The maximum Gasteiger partial charge on any atom is 0.243 e. The van der Waals surface area contributed by atoms with Crippen molar-refractivity contribution in [2.75, 3.05) is 5.32 Å². The predicted octanol–water partition coefficient (Wildman–Crippen LogP) is 1.90. The zero-order valence-corrected chi connectivity index (χ0v) is 6.67. The molecule has 0 saturated carbocycles. The average Bonchev–Trinajstić information content (AvgIpc) is 2.03. The lowest BCUT2D eigenvalue weighted by Gasteiger charge is -2.13. The van der Waals surface area contributed by atoms with Crippen molar-refractivity contribution in [3.63, 3.8) is 0 Å². The largest absolute Gasteiger partial charge is 0.492 e. The molecule has 2 heterocycles. The lowest BCUT2D eigenvalue weighted by atomic mass is 10.4. The number of pyridine rings is 1. The summed E-state index contributed by atoms with van der Waals surface area (Å²) in [7, 11) is 0. The summed E-state index contributed by atoms with van der Waals surface area (Å²) >= 11 is 5.67. The van der Waals surface area contributed by atoms with E-state index in [9.17, 15) is 0 Å². The van der Waals surface area contributed by atoms with Gasteiger partial charge in [-0.05, 0) is 6.07 Å². The zero-order valence-electron chi connectivity index (χ0n) is 5.91. The number of nitrogens with zero attached hydrogens (tertiary/aromatic N) is 1. The number of ether oxygens (including phenoxy) is 1. The molecule has 0 atom stereocenters. The summed E-state index contributed by atoms with van der Waals surface area (Å²) in [6.45, 7) is 0. The molecular weight excluding hydrogens is 180 g/mol. The van der Waals surface area contributed by atoms with Crippen LogP contribution in [0.2, 0.25) is 5.02 Å². The molecule has 0 aliphatic carbocycles. The molecule has 12 heavy (non-hydrogen) atoms. The van der Waals surface area contributed by atoms with E-state index in [4.69, 9.17) is 21.4 Å². The van der Waals surface area contributed by atoms with Gasteiger partial charge in [-0.15, -0.1) is 0 Å². The Morgan fingerprint density at radius 2 is 2.42 bits per heavy atom. The molecule has 2 rings (SSSR count). The van der Waals surface area contributed by atoms with Crippen LogP contribution in [0.25, 0.3) is 0 Å². The van der Waals surface area contributed by atoms with Crippen LogP contribution >= 0.6 is 11.6 Å². The fraction of sp³-hybridized carbons (Fsp3) is 0. The summed E-state index contributed by atoms with van der Waals surface area (Å²) in [6.07, 6.45) is 2.64. The van der Waals surface area contributed by atoms with Crippen molar-refractivity contribution in [2.24, 2.45) is 0 Å². The van der Waals surface area contributed by atoms with Gasteiger partial charge in [-0.1, -0.05) is 11.6 Å². The fourth-order valence-corrected chi connectivity index (χ4v) is 1.05. The van der Waals surface area contributed by atoms with Crippen LogP contribution in [-0.2, 0) is 0 Å². The Morgan fingerprint density at radius 1 is 1.58 bits per heavy atom. The molecule has 1 aliphatic heterocycles. The van der Waals surface area contributed by atoms with Crippen molar-refractivity contribution in [3.05, 3.63) is 29.4 Å². The van der Waals surface area contributed by atoms with Crippen LogP contribution in [-0.4, -0.2) is 10.1 Å². The molecule has 1 aromatic heterocycles. The zero-order chi connectivity index (χ0) is 8.55. The highest BCUT2D eigenvalue weighted by Crippen LogP contribution is 2.28. The highest BCUT2D eigenvalue weighted by Gasteiger charge is 2.11. The first-order valence-corrected chi connectivity index (χ1v) is 3.62. The van der Waals surface area contributed by atoms with E-state index in [1.54, 1.807) is 6.07 Å². The average molecular weight is 185 g/mol. The van der Waals surface area contributed by atoms with Gasteiger partial charge in [0.15, 0.2) is 6.26 Å². The van der Waals surface area contributed by atoms with Crippen molar-refractivity contribution in [1.82, 2.24) is 4.98 Å².